The van der Waals surface area contributed by atoms with Crippen LogP contribution in [-0.2, 0) is 7.05 Å². The summed E-state index contributed by atoms with van der Waals surface area (Å²) in [4.78, 5) is 10.9. The average Bonchev–Trinajstić information content (AvgIpc) is 2.86. The summed E-state index contributed by atoms with van der Waals surface area (Å²) < 4.78 is 6.53. The maximum atomic E-state index is 10.9. The van der Waals surface area contributed by atoms with Crippen molar-refractivity contribution in [2.75, 3.05) is 0 Å². The van der Waals surface area contributed by atoms with E-state index in [0.717, 1.165) is 5.57 Å². The van der Waals surface area contributed by atoms with Crippen molar-refractivity contribution in [3.63, 3.8) is 0 Å². The quantitative estimate of drug-likeness (QED) is 0.881. The van der Waals surface area contributed by atoms with Gasteiger partial charge < -0.3 is 9.52 Å². The van der Waals surface area contributed by atoms with Gasteiger partial charge in [-0.2, -0.15) is 5.10 Å². The normalized spacial score (nSPS) is 11.8. The molecule has 0 unspecified atom stereocenters. The second kappa shape index (κ2) is 4.29. The Kier molecular flexibility index (Phi) is 2.82. The average molecular weight is 232 g/mol. The smallest absolute Gasteiger partial charge is 0.354 e. The number of aryl methyl sites for hydroxylation is 1. The van der Waals surface area contributed by atoms with Crippen molar-refractivity contribution in [2.45, 2.75) is 6.92 Å². The third-order valence-electron chi connectivity index (χ3n) is 2.40. The molecule has 2 heterocycles. The second-order valence-electron chi connectivity index (χ2n) is 3.69. The van der Waals surface area contributed by atoms with Gasteiger partial charge in [-0.25, -0.2) is 4.79 Å². The minimum Gasteiger partial charge on any atom is -0.477 e. The van der Waals surface area contributed by atoms with Crippen LogP contribution in [-0.4, -0.2) is 20.9 Å². The molecule has 0 atom stereocenters. The molecule has 5 nitrogen and oxygen atoms in total. The summed E-state index contributed by atoms with van der Waals surface area (Å²) in [6.07, 6.45) is 3.40. The van der Waals surface area contributed by atoms with E-state index < -0.39 is 5.97 Å². The third-order valence-corrected chi connectivity index (χ3v) is 2.40. The zero-order valence-electron chi connectivity index (χ0n) is 9.54. The molecule has 1 N–H and O–H groups in total. The summed E-state index contributed by atoms with van der Waals surface area (Å²) in [6.45, 7) is 1.86. The molecule has 0 aliphatic carbocycles. The molecule has 5 heteroatoms. The fraction of sp³-hybridized carbons (Fsp3) is 0.167. The number of carboxylic acid groups (broad SMARTS) is 1. The molecule has 0 amide bonds. The van der Waals surface area contributed by atoms with E-state index in [0.29, 0.717) is 11.5 Å². The van der Waals surface area contributed by atoms with Crippen LogP contribution in [0.25, 0.3) is 11.6 Å². The molecule has 2 aromatic heterocycles. The number of carboxylic acids is 1. The van der Waals surface area contributed by atoms with Crippen LogP contribution in [0.3, 0.4) is 0 Å². The van der Waals surface area contributed by atoms with Crippen molar-refractivity contribution in [2.24, 2.45) is 7.05 Å². The lowest BCUT2D eigenvalue weighted by Crippen LogP contribution is -2.04. The number of aromatic nitrogens is 2. The molecule has 0 fully saturated rings. The van der Waals surface area contributed by atoms with Gasteiger partial charge in [0.1, 0.15) is 11.5 Å². The Balaban J connectivity index is 2.35. The van der Waals surface area contributed by atoms with Crippen molar-refractivity contribution in [1.29, 1.82) is 0 Å². The monoisotopic (exact) mass is 232 g/mol. The predicted molar refractivity (Wildman–Crippen MR) is 62.4 cm³/mol. The number of furan rings is 1. The van der Waals surface area contributed by atoms with Crippen LogP contribution in [0.1, 0.15) is 28.9 Å². The first-order valence-corrected chi connectivity index (χ1v) is 5.07. The molecule has 0 radical (unpaired) electrons. The summed E-state index contributed by atoms with van der Waals surface area (Å²) >= 11 is 0. The largest absolute Gasteiger partial charge is 0.477 e. The Bertz CT molecular complexity index is 565. The van der Waals surface area contributed by atoms with Crippen molar-refractivity contribution < 1.29 is 14.3 Å². The summed E-state index contributed by atoms with van der Waals surface area (Å²) in [7, 11) is 1.60. The minimum atomic E-state index is -0.989. The molecular weight excluding hydrogens is 220 g/mol. The lowest BCUT2D eigenvalue weighted by Gasteiger charge is -1.94. The predicted octanol–water partition coefficient (Wildman–Crippen LogP) is 2.27. The summed E-state index contributed by atoms with van der Waals surface area (Å²) in [5.41, 5.74) is 1.64. The Morgan fingerprint density at radius 2 is 2.35 bits per heavy atom. The lowest BCUT2D eigenvalue weighted by atomic mass is 10.2. The van der Waals surface area contributed by atoms with Crippen molar-refractivity contribution in [3.05, 3.63) is 41.6 Å². The number of hydrogen-bond donors (Lipinski definition) is 1. The fourth-order valence-electron chi connectivity index (χ4n) is 1.52. The zero-order chi connectivity index (χ0) is 12.4. The van der Waals surface area contributed by atoms with Gasteiger partial charge >= 0.3 is 5.97 Å². The third kappa shape index (κ3) is 2.28. The Morgan fingerprint density at radius 1 is 1.59 bits per heavy atom. The highest BCUT2D eigenvalue weighted by Crippen LogP contribution is 2.17. The molecule has 0 bridgehead atoms. The van der Waals surface area contributed by atoms with Crippen LogP contribution < -0.4 is 0 Å². The van der Waals surface area contributed by atoms with E-state index in [1.807, 2.05) is 19.1 Å². The molecule has 0 spiro atoms. The van der Waals surface area contributed by atoms with Gasteiger partial charge in [0.2, 0.25) is 0 Å². The molecule has 2 aromatic rings. The molecule has 0 aliphatic heterocycles. The Labute approximate surface area is 98.0 Å². The number of nitrogens with zero attached hydrogens (tertiary/aromatic N) is 2. The first kappa shape index (κ1) is 11.2. The molecule has 2 rings (SSSR count). The van der Waals surface area contributed by atoms with Crippen LogP contribution in [0.2, 0.25) is 0 Å². The highest BCUT2D eigenvalue weighted by Gasteiger charge is 2.12. The fourth-order valence-corrected chi connectivity index (χ4v) is 1.52. The van der Waals surface area contributed by atoms with Crippen LogP contribution in [0.15, 0.2) is 28.9 Å². The van der Waals surface area contributed by atoms with Gasteiger partial charge in [-0.1, -0.05) is 0 Å². The van der Waals surface area contributed by atoms with E-state index in [1.165, 1.54) is 10.7 Å². The molecular formula is C12H12N2O3. The molecule has 0 saturated heterocycles. The second-order valence-corrected chi connectivity index (χ2v) is 3.69. The van der Waals surface area contributed by atoms with Crippen LogP contribution in [0, 0.1) is 0 Å². The Hall–Kier alpha value is -2.30. The standard InChI is InChI=1S/C12H12N2O3/c1-8(6-9-4-3-5-17-9)10-7-11(12(15)16)14(2)13-10/h3-7H,1-2H3,(H,15,16)/b8-6+. The van der Waals surface area contributed by atoms with Crippen LogP contribution in [0.4, 0.5) is 0 Å². The van der Waals surface area contributed by atoms with Gasteiger partial charge in [0.25, 0.3) is 0 Å². The van der Waals surface area contributed by atoms with Gasteiger partial charge in [0.05, 0.1) is 12.0 Å². The SMILES string of the molecule is C/C(=C\c1ccco1)c1cc(C(=O)O)n(C)n1. The number of allylic oxidation sites excluding steroid dienone is 1. The van der Waals surface area contributed by atoms with Gasteiger partial charge in [0.15, 0.2) is 0 Å². The number of rotatable bonds is 3. The van der Waals surface area contributed by atoms with E-state index in [-0.39, 0.29) is 5.69 Å². The molecule has 88 valence electrons. The molecule has 0 aromatic carbocycles. The van der Waals surface area contributed by atoms with Crippen LogP contribution in [0.5, 0.6) is 0 Å². The maximum absolute atomic E-state index is 10.9. The maximum Gasteiger partial charge on any atom is 0.354 e. The zero-order valence-corrected chi connectivity index (χ0v) is 9.54. The van der Waals surface area contributed by atoms with E-state index in [2.05, 4.69) is 5.10 Å². The van der Waals surface area contributed by atoms with E-state index >= 15 is 0 Å². The Morgan fingerprint density at radius 3 is 2.88 bits per heavy atom. The van der Waals surface area contributed by atoms with Crippen molar-refractivity contribution in [1.82, 2.24) is 9.78 Å². The highest BCUT2D eigenvalue weighted by atomic mass is 16.4. The van der Waals surface area contributed by atoms with Crippen LogP contribution >= 0.6 is 0 Å². The highest BCUT2D eigenvalue weighted by molar-refractivity contribution is 5.88. The molecule has 0 aliphatic rings. The summed E-state index contributed by atoms with van der Waals surface area (Å²) in [5.74, 6) is -0.276. The minimum absolute atomic E-state index is 0.159. The summed E-state index contributed by atoms with van der Waals surface area (Å²) in [6, 6.07) is 5.15. The number of aromatic carboxylic acids is 1. The van der Waals surface area contributed by atoms with E-state index in [9.17, 15) is 4.79 Å². The van der Waals surface area contributed by atoms with Gasteiger partial charge in [-0.15, -0.1) is 0 Å². The lowest BCUT2D eigenvalue weighted by molar-refractivity contribution is 0.0685. The van der Waals surface area contributed by atoms with Crippen molar-refractivity contribution >= 4 is 17.6 Å². The first-order chi connectivity index (χ1) is 8.08. The van der Waals surface area contributed by atoms with E-state index in [4.69, 9.17) is 9.52 Å². The van der Waals surface area contributed by atoms with Gasteiger partial charge in [0, 0.05) is 7.05 Å². The molecule has 17 heavy (non-hydrogen) atoms. The van der Waals surface area contributed by atoms with Gasteiger partial charge in [-0.3, -0.25) is 4.68 Å². The summed E-state index contributed by atoms with van der Waals surface area (Å²) in [5, 5.41) is 13.1. The first-order valence-electron chi connectivity index (χ1n) is 5.07. The number of carbonyl (C=O) groups is 1. The van der Waals surface area contributed by atoms with Crippen molar-refractivity contribution in [3.8, 4) is 0 Å². The van der Waals surface area contributed by atoms with Gasteiger partial charge in [-0.05, 0) is 36.8 Å². The van der Waals surface area contributed by atoms with E-state index in [1.54, 1.807) is 19.4 Å². The topological polar surface area (TPSA) is 68.3 Å². The molecule has 0 saturated carbocycles. The number of hydrogen-bond acceptors (Lipinski definition) is 3.